The lowest BCUT2D eigenvalue weighted by Gasteiger charge is -2.30. The van der Waals surface area contributed by atoms with Crippen LogP contribution in [0.15, 0.2) is 0 Å². The largest absolute Gasteiger partial charge is 0.368 e. The highest BCUT2D eigenvalue weighted by atomic mass is 16.1. The molecular weight excluding hydrogens is 262 g/mol. The molecule has 1 heterocycles. The first kappa shape index (κ1) is 18.4. The SMILES string of the molecule is CC(C)NC(C)(CCCCN1CCC(C(C)C)C1)C(N)=O. The molecule has 0 aromatic heterocycles. The number of hydrogen-bond acceptors (Lipinski definition) is 3. The standard InChI is InChI=1S/C17H35N3O/c1-13(2)15-8-11-20(12-15)10-7-6-9-17(5,16(18)21)19-14(3)4/h13-15,19H,6-12H2,1-5H3,(H2,18,21). The molecule has 2 atom stereocenters. The Kier molecular flexibility index (Phi) is 7.14. The first-order chi connectivity index (χ1) is 9.74. The summed E-state index contributed by atoms with van der Waals surface area (Å²) < 4.78 is 0. The highest BCUT2D eigenvalue weighted by Crippen LogP contribution is 2.24. The number of rotatable bonds is 9. The number of nitrogens with two attached hydrogens (primary N) is 1. The predicted molar refractivity (Wildman–Crippen MR) is 89.1 cm³/mol. The Morgan fingerprint density at radius 2 is 2.00 bits per heavy atom. The van der Waals surface area contributed by atoms with E-state index in [1.165, 1.54) is 19.5 Å². The van der Waals surface area contributed by atoms with Gasteiger partial charge in [-0.2, -0.15) is 0 Å². The van der Waals surface area contributed by atoms with Crippen molar-refractivity contribution in [3.8, 4) is 0 Å². The van der Waals surface area contributed by atoms with Gasteiger partial charge in [0.15, 0.2) is 0 Å². The van der Waals surface area contributed by atoms with Gasteiger partial charge in [0.05, 0.1) is 5.54 Å². The van der Waals surface area contributed by atoms with Crippen LogP contribution in [0.5, 0.6) is 0 Å². The van der Waals surface area contributed by atoms with E-state index in [4.69, 9.17) is 5.73 Å². The van der Waals surface area contributed by atoms with E-state index in [2.05, 4.69) is 37.9 Å². The van der Waals surface area contributed by atoms with Crippen molar-refractivity contribution in [2.45, 2.75) is 71.9 Å². The second kappa shape index (κ2) is 8.14. The summed E-state index contributed by atoms with van der Waals surface area (Å²) in [6.45, 7) is 14.3. The average molecular weight is 297 g/mol. The summed E-state index contributed by atoms with van der Waals surface area (Å²) in [5.41, 5.74) is 4.99. The van der Waals surface area contributed by atoms with Gasteiger partial charge in [-0.05, 0) is 71.4 Å². The lowest BCUT2D eigenvalue weighted by atomic mass is 9.93. The Balaban J connectivity index is 2.28. The summed E-state index contributed by atoms with van der Waals surface area (Å²) in [6, 6.07) is 0.271. The molecule has 2 unspecified atom stereocenters. The second-order valence-electron chi connectivity index (χ2n) is 7.55. The van der Waals surface area contributed by atoms with Crippen LogP contribution in [-0.2, 0) is 4.79 Å². The third-order valence-electron chi connectivity index (χ3n) is 4.80. The Morgan fingerprint density at radius 1 is 1.33 bits per heavy atom. The summed E-state index contributed by atoms with van der Waals surface area (Å²) in [5, 5.41) is 3.32. The molecule has 1 aliphatic rings. The van der Waals surface area contributed by atoms with Gasteiger partial charge in [0.2, 0.25) is 5.91 Å². The molecule has 21 heavy (non-hydrogen) atoms. The van der Waals surface area contributed by atoms with E-state index in [-0.39, 0.29) is 11.9 Å². The minimum Gasteiger partial charge on any atom is -0.368 e. The summed E-state index contributed by atoms with van der Waals surface area (Å²) >= 11 is 0. The van der Waals surface area contributed by atoms with E-state index >= 15 is 0 Å². The molecule has 0 aliphatic carbocycles. The van der Waals surface area contributed by atoms with Crippen LogP contribution in [0, 0.1) is 11.8 Å². The molecule has 0 bridgehead atoms. The zero-order valence-corrected chi connectivity index (χ0v) is 14.6. The van der Waals surface area contributed by atoms with Crippen molar-refractivity contribution in [1.82, 2.24) is 10.2 Å². The summed E-state index contributed by atoms with van der Waals surface area (Å²) in [7, 11) is 0. The molecule has 4 heteroatoms. The summed E-state index contributed by atoms with van der Waals surface area (Å²) in [5.74, 6) is 1.42. The molecule has 0 aromatic carbocycles. The summed E-state index contributed by atoms with van der Waals surface area (Å²) in [6.07, 6.45) is 4.35. The maximum absolute atomic E-state index is 11.7. The van der Waals surface area contributed by atoms with Crippen LogP contribution in [0.3, 0.4) is 0 Å². The number of primary amides is 1. The normalized spacial score (nSPS) is 22.9. The molecule has 0 aromatic rings. The van der Waals surface area contributed by atoms with Crippen LogP contribution in [0.4, 0.5) is 0 Å². The predicted octanol–water partition coefficient (Wildman–Crippen LogP) is 2.38. The molecule has 0 radical (unpaired) electrons. The van der Waals surface area contributed by atoms with Gasteiger partial charge in [0.1, 0.15) is 0 Å². The molecule has 3 N–H and O–H groups in total. The first-order valence-electron chi connectivity index (χ1n) is 8.54. The van der Waals surface area contributed by atoms with Crippen molar-refractivity contribution in [3.05, 3.63) is 0 Å². The Hall–Kier alpha value is -0.610. The molecule has 1 aliphatic heterocycles. The summed E-state index contributed by atoms with van der Waals surface area (Å²) in [4.78, 5) is 14.2. The van der Waals surface area contributed by atoms with Gasteiger partial charge < -0.3 is 16.0 Å². The van der Waals surface area contributed by atoms with Crippen LogP contribution in [-0.4, -0.2) is 42.0 Å². The van der Waals surface area contributed by atoms with Gasteiger partial charge in [-0.25, -0.2) is 0 Å². The molecule has 1 rings (SSSR count). The van der Waals surface area contributed by atoms with E-state index < -0.39 is 5.54 Å². The molecule has 0 saturated carbocycles. The highest BCUT2D eigenvalue weighted by molar-refractivity contribution is 5.84. The third kappa shape index (κ3) is 5.95. The van der Waals surface area contributed by atoms with E-state index in [0.717, 1.165) is 37.6 Å². The number of likely N-dealkylation sites (tertiary alicyclic amines) is 1. The molecule has 124 valence electrons. The van der Waals surface area contributed by atoms with Crippen LogP contribution in [0.2, 0.25) is 0 Å². The zero-order chi connectivity index (χ0) is 16.0. The zero-order valence-electron chi connectivity index (χ0n) is 14.6. The van der Waals surface area contributed by atoms with Crippen molar-refractivity contribution in [2.24, 2.45) is 17.6 Å². The average Bonchev–Trinajstić information content (AvgIpc) is 2.82. The lowest BCUT2D eigenvalue weighted by molar-refractivity contribution is -0.124. The minimum absolute atomic E-state index is 0.239. The Bertz CT molecular complexity index is 330. The maximum Gasteiger partial charge on any atom is 0.237 e. The van der Waals surface area contributed by atoms with E-state index in [1.54, 1.807) is 0 Å². The van der Waals surface area contributed by atoms with E-state index in [0.29, 0.717) is 0 Å². The van der Waals surface area contributed by atoms with Gasteiger partial charge in [-0.3, -0.25) is 4.79 Å². The van der Waals surface area contributed by atoms with Crippen molar-refractivity contribution in [2.75, 3.05) is 19.6 Å². The minimum atomic E-state index is -0.570. The van der Waals surface area contributed by atoms with Crippen molar-refractivity contribution >= 4 is 5.91 Å². The van der Waals surface area contributed by atoms with Crippen molar-refractivity contribution in [1.29, 1.82) is 0 Å². The monoisotopic (exact) mass is 297 g/mol. The molecule has 4 nitrogen and oxygen atoms in total. The molecular formula is C17H35N3O. The van der Waals surface area contributed by atoms with Gasteiger partial charge >= 0.3 is 0 Å². The fourth-order valence-electron chi connectivity index (χ4n) is 3.33. The van der Waals surface area contributed by atoms with Crippen LogP contribution >= 0.6 is 0 Å². The second-order valence-corrected chi connectivity index (χ2v) is 7.55. The van der Waals surface area contributed by atoms with Crippen molar-refractivity contribution in [3.63, 3.8) is 0 Å². The number of nitrogens with zero attached hydrogens (tertiary/aromatic N) is 1. The Labute approximate surface area is 130 Å². The van der Waals surface area contributed by atoms with Gasteiger partial charge in [0, 0.05) is 12.6 Å². The quantitative estimate of drug-likeness (QED) is 0.642. The fourth-order valence-corrected chi connectivity index (χ4v) is 3.33. The maximum atomic E-state index is 11.7. The van der Waals surface area contributed by atoms with Gasteiger partial charge in [-0.1, -0.05) is 13.8 Å². The van der Waals surface area contributed by atoms with Crippen LogP contribution in [0.1, 0.15) is 60.3 Å². The molecule has 1 amide bonds. The highest BCUT2D eigenvalue weighted by Gasteiger charge is 2.31. The number of carbonyl (C=O) groups is 1. The molecule has 1 saturated heterocycles. The first-order valence-corrected chi connectivity index (χ1v) is 8.54. The molecule has 0 spiro atoms. The van der Waals surface area contributed by atoms with E-state index in [1.807, 2.05) is 6.92 Å². The number of unbranched alkanes of at least 4 members (excludes halogenated alkanes) is 1. The fraction of sp³-hybridized carbons (Fsp3) is 0.941. The van der Waals surface area contributed by atoms with Gasteiger partial charge in [-0.15, -0.1) is 0 Å². The number of hydrogen-bond donors (Lipinski definition) is 2. The van der Waals surface area contributed by atoms with Gasteiger partial charge in [0.25, 0.3) is 0 Å². The number of nitrogens with one attached hydrogen (secondary N) is 1. The van der Waals surface area contributed by atoms with Crippen molar-refractivity contribution < 1.29 is 4.79 Å². The number of carbonyl (C=O) groups excluding carboxylic acids is 1. The van der Waals surface area contributed by atoms with E-state index in [9.17, 15) is 4.79 Å². The lowest BCUT2D eigenvalue weighted by Crippen LogP contribution is -2.55. The van der Waals surface area contributed by atoms with Crippen LogP contribution in [0.25, 0.3) is 0 Å². The molecule has 1 fully saturated rings. The third-order valence-corrected chi connectivity index (χ3v) is 4.80. The smallest absolute Gasteiger partial charge is 0.237 e. The topological polar surface area (TPSA) is 58.4 Å². The van der Waals surface area contributed by atoms with Crippen LogP contribution < -0.4 is 11.1 Å². The Morgan fingerprint density at radius 3 is 2.48 bits per heavy atom. The number of amides is 1.